The fraction of sp³-hybridized carbons (Fsp3) is 0.364. The lowest BCUT2D eigenvalue weighted by Gasteiger charge is -2.21. The number of hydrogen-bond donors (Lipinski definition) is 3. The first-order chi connectivity index (χ1) is 7.70. The Bertz CT molecular complexity index is 422. The van der Waals surface area contributed by atoms with E-state index in [1.165, 1.54) is 18.2 Å². The molecule has 3 N–H and O–H groups in total. The molecule has 0 aliphatic heterocycles. The minimum atomic E-state index is -1.82. The molecule has 0 aliphatic carbocycles. The third-order valence-electron chi connectivity index (χ3n) is 1.96. The molecule has 0 fully saturated rings. The van der Waals surface area contributed by atoms with E-state index in [1.54, 1.807) is 0 Å². The molecule has 0 saturated heterocycles. The van der Waals surface area contributed by atoms with Crippen LogP contribution in [0.15, 0.2) is 18.2 Å². The number of carboxylic acid groups (broad SMARTS) is 1. The molecule has 0 aliphatic rings. The largest absolute Gasteiger partial charge is 0.489 e. The van der Waals surface area contributed by atoms with E-state index in [-0.39, 0.29) is 11.0 Å². The van der Waals surface area contributed by atoms with Crippen LogP contribution < -0.4 is 10.2 Å². The van der Waals surface area contributed by atoms with Gasteiger partial charge in [0.2, 0.25) is 0 Å². The predicted molar refractivity (Wildman–Crippen MR) is 63.6 cm³/mol. The summed E-state index contributed by atoms with van der Waals surface area (Å²) in [5.41, 5.74) is -0.685. The Morgan fingerprint density at radius 1 is 1.29 bits per heavy atom. The van der Waals surface area contributed by atoms with Crippen molar-refractivity contribution in [2.75, 3.05) is 0 Å². The van der Waals surface area contributed by atoms with E-state index in [9.17, 15) is 4.79 Å². The molecule has 5 nitrogen and oxygen atoms in total. The van der Waals surface area contributed by atoms with Gasteiger partial charge in [0.25, 0.3) is 0 Å². The topological polar surface area (TPSA) is 87.0 Å². The summed E-state index contributed by atoms with van der Waals surface area (Å²) in [6, 6.07) is 4.12. The third kappa shape index (κ3) is 3.76. The van der Waals surface area contributed by atoms with Crippen LogP contribution in [0.25, 0.3) is 0 Å². The van der Waals surface area contributed by atoms with Gasteiger partial charge in [0.15, 0.2) is 0 Å². The second kappa shape index (κ2) is 4.77. The van der Waals surface area contributed by atoms with E-state index in [2.05, 4.69) is 0 Å². The molecule has 0 unspecified atom stereocenters. The van der Waals surface area contributed by atoms with E-state index >= 15 is 0 Å². The van der Waals surface area contributed by atoms with Gasteiger partial charge in [-0.2, -0.15) is 0 Å². The zero-order valence-corrected chi connectivity index (χ0v) is 9.97. The van der Waals surface area contributed by atoms with E-state index in [4.69, 9.17) is 19.9 Å². The Hall–Kier alpha value is -1.53. The number of hydrogen-bond acceptors (Lipinski definition) is 4. The lowest BCUT2D eigenvalue weighted by molar-refractivity contribution is 0.0695. The summed E-state index contributed by atoms with van der Waals surface area (Å²) >= 11 is 0. The molecular weight excluding hydrogens is 223 g/mol. The Morgan fingerprint density at radius 3 is 2.29 bits per heavy atom. The van der Waals surface area contributed by atoms with Crippen LogP contribution in [0.2, 0.25) is 0 Å². The van der Waals surface area contributed by atoms with Gasteiger partial charge in [-0.05, 0) is 38.4 Å². The standard InChI is InChI=1S/C11H15BO5/c1-11(2,3)17-7-4-5-9(12(15)16)8(6-7)10(13)14/h4-6,15-16H,1-3H3,(H,13,14). The van der Waals surface area contributed by atoms with Crippen LogP contribution in [0.3, 0.4) is 0 Å². The SMILES string of the molecule is CC(C)(C)Oc1ccc(B(O)O)c(C(=O)O)c1. The van der Waals surface area contributed by atoms with Crippen molar-refractivity contribution in [1.29, 1.82) is 0 Å². The van der Waals surface area contributed by atoms with Crippen LogP contribution in [0.4, 0.5) is 0 Å². The molecule has 0 aromatic heterocycles. The summed E-state index contributed by atoms with van der Waals surface area (Å²) in [5.74, 6) is -0.855. The quantitative estimate of drug-likeness (QED) is 0.656. The van der Waals surface area contributed by atoms with Crippen LogP contribution >= 0.6 is 0 Å². The summed E-state index contributed by atoms with van der Waals surface area (Å²) in [4.78, 5) is 11.0. The Balaban J connectivity index is 3.15. The van der Waals surface area contributed by atoms with Crippen molar-refractivity contribution in [2.45, 2.75) is 26.4 Å². The number of carboxylic acids is 1. The monoisotopic (exact) mass is 238 g/mol. The molecule has 0 radical (unpaired) electrons. The van der Waals surface area contributed by atoms with Crippen molar-refractivity contribution in [2.24, 2.45) is 0 Å². The van der Waals surface area contributed by atoms with Gasteiger partial charge in [-0.3, -0.25) is 0 Å². The van der Waals surface area contributed by atoms with E-state index in [0.717, 1.165) is 0 Å². The van der Waals surface area contributed by atoms with E-state index in [1.807, 2.05) is 20.8 Å². The molecule has 0 amide bonds. The highest BCUT2D eigenvalue weighted by molar-refractivity contribution is 6.60. The van der Waals surface area contributed by atoms with Crippen molar-refractivity contribution in [3.8, 4) is 5.75 Å². The van der Waals surface area contributed by atoms with Gasteiger partial charge in [0.1, 0.15) is 11.4 Å². The lowest BCUT2D eigenvalue weighted by Crippen LogP contribution is -2.35. The smallest absolute Gasteiger partial charge is 0.488 e. The first kappa shape index (κ1) is 13.5. The van der Waals surface area contributed by atoms with Gasteiger partial charge in [-0.1, -0.05) is 6.07 Å². The Morgan fingerprint density at radius 2 is 1.88 bits per heavy atom. The molecule has 0 atom stereocenters. The van der Waals surface area contributed by atoms with E-state index < -0.39 is 18.7 Å². The average Bonchev–Trinajstić information content (AvgIpc) is 2.14. The Labute approximate surface area is 99.8 Å². The zero-order chi connectivity index (χ0) is 13.2. The molecule has 0 spiro atoms. The second-order valence-electron chi connectivity index (χ2n) is 4.64. The Kier molecular flexibility index (Phi) is 3.80. The summed E-state index contributed by atoms with van der Waals surface area (Å²) in [6.07, 6.45) is 0. The molecule has 17 heavy (non-hydrogen) atoms. The number of benzene rings is 1. The summed E-state index contributed by atoms with van der Waals surface area (Å²) in [7, 11) is -1.82. The molecule has 1 aromatic carbocycles. The molecular formula is C11H15BO5. The predicted octanol–water partition coefficient (Wildman–Crippen LogP) is 0.242. The molecule has 92 valence electrons. The average molecular weight is 238 g/mol. The van der Waals surface area contributed by atoms with Crippen LogP contribution in [-0.4, -0.2) is 33.8 Å². The lowest BCUT2D eigenvalue weighted by atomic mass is 9.77. The van der Waals surface area contributed by atoms with Gasteiger partial charge < -0.3 is 19.9 Å². The maximum atomic E-state index is 11.0. The fourth-order valence-corrected chi connectivity index (χ4v) is 1.36. The highest BCUT2D eigenvalue weighted by Gasteiger charge is 2.22. The van der Waals surface area contributed by atoms with Gasteiger partial charge in [0.05, 0.1) is 5.56 Å². The maximum absolute atomic E-state index is 11.0. The minimum absolute atomic E-state index is 0.0567. The first-order valence-electron chi connectivity index (χ1n) is 5.13. The van der Waals surface area contributed by atoms with Crippen molar-refractivity contribution in [3.63, 3.8) is 0 Å². The van der Waals surface area contributed by atoms with Crippen molar-refractivity contribution >= 4 is 18.6 Å². The van der Waals surface area contributed by atoms with Gasteiger partial charge in [-0.25, -0.2) is 4.79 Å². The minimum Gasteiger partial charge on any atom is -0.488 e. The fourth-order valence-electron chi connectivity index (χ4n) is 1.36. The van der Waals surface area contributed by atoms with Crippen molar-refractivity contribution < 1.29 is 24.7 Å². The van der Waals surface area contributed by atoms with Gasteiger partial charge in [-0.15, -0.1) is 0 Å². The molecule has 1 aromatic rings. The molecule has 0 bridgehead atoms. The second-order valence-corrected chi connectivity index (χ2v) is 4.64. The van der Waals surface area contributed by atoms with Crippen LogP contribution in [0, 0.1) is 0 Å². The number of aromatic carboxylic acids is 1. The summed E-state index contributed by atoms with van der Waals surface area (Å²) in [6.45, 7) is 5.51. The normalized spacial score (nSPS) is 11.1. The highest BCUT2D eigenvalue weighted by Crippen LogP contribution is 2.18. The van der Waals surface area contributed by atoms with Crippen molar-refractivity contribution in [1.82, 2.24) is 0 Å². The summed E-state index contributed by atoms with van der Waals surface area (Å²) in [5, 5.41) is 27.0. The number of rotatable bonds is 3. The van der Waals surface area contributed by atoms with Gasteiger partial charge in [0, 0.05) is 0 Å². The highest BCUT2D eigenvalue weighted by atomic mass is 16.5. The van der Waals surface area contributed by atoms with Crippen LogP contribution in [0.1, 0.15) is 31.1 Å². The molecule has 0 heterocycles. The molecule has 6 heteroatoms. The van der Waals surface area contributed by atoms with E-state index in [0.29, 0.717) is 5.75 Å². The van der Waals surface area contributed by atoms with Crippen LogP contribution in [0.5, 0.6) is 5.75 Å². The number of ether oxygens (including phenoxy) is 1. The zero-order valence-electron chi connectivity index (χ0n) is 9.97. The molecule has 1 rings (SSSR count). The van der Waals surface area contributed by atoms with Crippen molar-refractivity contribution in [3.05, 3.63) is 23.8 Å². The number of carbonyl (C=O) groups is 1. The third-order valence-corrected chi connectivity index (χ3v) is 1.96. The molecule has 0 saturated carbocycles. The summed E-state index contributed by atoms with van der Waals surface area (Å²) < 4.78 is 5.50. The first-order valence-corrected chi connectivity index (χ1v) is 5.13. The van der Waals surface area contributed by atoms with Crippen LogP contribution in [-0.2, 0) is 0 Å². The van der Waals surface area contributed by atoms with Gasteiger partial charge >= 0.3 is 13.1 Å². The maximum Gasteiger partial charge on any atom is 0.489 e.